The summed E-state index contributed by atoms with van der Waals surface area (Å²) in [5.41, 5.74) is 0. The van der Waals surface area contributed by atoms with E-state index in [1.807, 2.05) is 0 Å². The molecule has 0 aromatic rings. The van der Waals surface area contributed by atoms with Gasteiger partial charge in [-0.3, -0.25) is 0 Å². The normalized spacial score (nSPS) is 25.6. The van der Waals surface area contributed by atoms with Crippen LogP contribution in [-0.2, 0) is 0 Å². The van der Waals surface area contributed by atoms with Gasteiger partial charge in [-0.05, 0) is 0 Å². The Hall–Kier alpha value is 1.40. The summed E-state index contributed by atoms with van der Waals surface area (Å²) in [5, 5.41) is 4.45. The van der Waals surface area contributed by atoms with Gasteiger partial charge in [0, 0.05) is 0 Å². The first-order valence-corrected chi connectivity index (χ1v) is 11.4. The van der Waals surface area contributed by atoms with E-state index in [9.17, 15) is 0 Å². The molecule has 0 aromatic heterocycles. The van der Waals surface area contributed by atoms with Crippen molar-refractivity contribution < 1.29 is 0 Å². The Kier molecular flexibility index (Phi) is 6.84. The SMILES string of the molecule is S=C(CC[Se]CCC(=S)CC1CS1)CC1CS1. The number of hydrogen-bond acceptors (Lipinski definition) is 4. The summed E-state index contributed by atoms with van der Waals surface area (Å²) < 4.78 is 0. The molecule has 0 amide bonds. The Balaban J connectivity index is 1.39. The van der Waals surface area contributed by atoms with Crippen LogP contribution in [0.15, 0.2) is 0 Å². The monoisotopic (exact) mass is 370 g/mol. The molecule has 5 heteroatoms. The Bertz CT molecular complexity index is 256. The fraction of sp³-hybridized carbons (Fsp3) is 0.833. The zero-order chi connectivity index (χ0) is 12.1. The van der Waals surface area contributed by atoms with Crippen molar-refractivity contribution in [3.63, 3.8) is 0 Å². The third kappa shape index (κ3) is 7.54. The van der Waals surface area contributed by atoms with Crippen molar-refractivity contribution >= 4 is 72.6 Å². The molecule has 0 saturated carbocycles. The van der Waals surface area contributed by atoms with E-state index < -0.39 is 0 Å². The molecule has 2 aliphatic rings. The van der Waals surface area contributed by atoms with Crippen molar-refractivity contribution in [3.8, 4) is 0 Å². The molecule has 2 unspecified atom stereocenters. The summed E-state index contributed by atoms with van der Waals surface area (Å²) in [4.78, 5) is 2.64. The molecule has 0 N–H and O–H groups in total. The minimum absolute atomic E-state index is 0.765. The fourth-order valence-electron chi connectivity index (χ4n) is 1.56. The van der Waals surface area contributed by atoms with Gasteiger partial charge >= 0.3 is 131 Å². The number of rotatable bonds is 10. The van der Waals surface area contributed by atoms with Crippen molar-refractivity contribution in [2.45, 2.75) is 46.8 Å². The Labute approximate surface area is 130 Å². The van der Waals surface area contributed by atoms with E-state index in [-0.39, 0.29) is 0 Å². The third-order valence-corrected chi connectivity index (χ3v) is 7.52. The molecule has 2 atom stereocenters. The van der Waals surface area contributed by atoms with Crippen molar-refractivity contribution in [2.24, 2.45) is 0 Å². The second-order valence-corrected chi connectivity index (χ2v) is 10.9. The van der Waals surface area contributed by atoms with Crippen LogP contribution in [0.5, 0.6) is 0 Å². The molecular formula is C12H18S4Se. The van der Waals surface area contributed by atoms with E-state index in [0.717, 1.165) is 25.5 Å². The summed E-state index contributed by atoms with van der Waals surface area (Å²) in [6, 6.07) is 0. The van der Waals surface area contributed by atoms with Crippen LogP contribution < -0.4 is 0 Å². The predicted octanol–water partition coefficient (Wildman–Crippen LogP) is 4.06. The van der Waals surface area contributed by atoms with E-state index in [1.165, 1.54) is 57.6 Å². The molecule has 2 fully saturated rings. The second kappa shape index (κ2) is 7.86. The number of hydrogen-bond donors (Lipinski definition) is 0. The molecule has 0 radical (unpaired) electrons. The number of thiocarbonyl (C=S) groups is 2. The van der Waals surface area contributed by atoms with E-state index in [4.69, 9.17) is 24.4 Å². The summed E-state index contributed by atoms with van der Waals surface area (Å²) in [5.74, 6) is 2.69. The standard InChI is InChI=1S/C12H18S4Se/c13-9(5-11-7-15-11)1-3-17-4-2-10(14)6-12-8-16-12/h11-12H,1-8H2. The molecular weight excluding hydrogens is 351 g/mol. The van der Waals surface area contributed by atoms with Gasteiger partial charge in [-0.15, -0.1) is 0 Å². The summed E-state index contributed by atoms with van der Waals surface area (Å²) in [6.45, 7) is 0. The van der Waals surface area contributed by atoms with Crippen LogP contribution >= 0.6 is 48.0 Å². The second-order valence-electron chi connectivity index (χ2n) is 4.51. The first-order chi connectivity index (χ1) is 8.24. The summed E-state index contributed by atoms with van der Waals surface area (Å²) in [7, 11) is 0. The van der Waals surface area contributed by atoms with Gasteiger partial charge in [0.05, 0.1) is 0 Å². The van der Waals surface area contributed by atoms with Crippen LogP contribution in [0, 0.1) is 0 Å². The first kappa shape index (κ1) is 14.8. The fourth-order valence-corrected chi connectivity index (χ4v) is 6.17. The van der Waals surface area contributed by atoms with Crippen molar-refractivity contribution in [3.05, 3.63) is 0 Å². The molecule has 96 valence electrons. The maximum absolute atomic E-state index is 5.40. The van der Waals surface area contributed by atoms with Gasteiger partial charge in [0.2, 0.25) is 0 Å². The van der Waals surface area contributed by atoms with Gasteiger partial charge in [0.25, 0.3) is 0 Å². The first-order valence-electron chi connectivity index (χ1n) is 6.08. The summed E-state index contributed by atoms with van der Waals surface area (Å²) >= 11 is 15.7. The maximum atomic E-state index is 5.40. The van der Waals surface area contributed by atoms with Crippen LogP contribution in [-0.4, -0.2) is 46.7 Å². The average molecular weight is 370 g/mol. The molecule has 0 aromatic carbocycles. The van der Waals surface area contributed by atoms with Gasteiger partial charge in [-0.1, -0.05) is 0 Å². The zero-order valence-corrected chi connectivity index (χ0v) is 14.8. The molecule has 0 spiro atoms. The molecule has 2 aliphatic heterocycles. The zero-order valence-electron chi connectivity index (χ0n) is 9.85. The Morgan fingerprint density at radius 3 is 1.71 bits per heavy atom. The molecule has 0 aliphatic carbocycles. The molecule has 2 heterocycles. The molecule has 0 nitrogen and oxygen atoms in total. The van der Waals surface area contributed by atoms with Crippen LogP contribution in [0.3, 0.4) is 0 Å². The van der Waals surface area contributed by atoms with Crippen LogP contribution in [0.25, 0.3) is 0 Å². The van der Waals surface area contributed by atoms with Gasteiger partial charge in [-0.25, -0.2) is 0 Å². The number of thioether (sulfide) groups is 2. The Morgan fingerprint density at radius 2 is 1.35 bits per heavy atom. The van der Waals surface area contributed by atoms with Crippen molar-refractivity contribution in [1.82, 2.24) is 0 Å². The average Bonchev–Trinajstić information content (AvgIpc) is 3.13. The molecule has 17 heavy (non-hydrogen) atoms. The van der Waals surface area contributed by atoms with Gasteiger partial charge in [-0.2, -0.15) is 0 Å². The van der Waals surface area contributed by atoms with E-state index in [1.54, 1.807) is 0 Å². The van der Waals surface area contributed by atoms with E-state index in [2.05, 4.69) is 23.5 Å². The van der Waals surface area contributed by atoms with Gasteiger partial charge in [0.15, 0.2) is 0 Å². The minimum atomic E-state index is 0.765. The van der Waals surface area contributed by atoms with E-state index >= 15 is 0 Å². The van der Waals surface area contributed by atoms with E-state index in [0.29, 0.717) is 0 Å². The third-order valence-electron chi connectivity index (χ3n) is 2.77. The van der Waals surface area contributed by atoms with Crippen LogP contribution in [0.2, 0.25) is 10.6 Å². The van der Waals surface area contributed by atoms with Crippen molar-refractivity contribution in [2.75, 3.05) is 11.5 Å². The van der Waals surface area contributed by atoms with Gasteiger partial charge < -0.3 is 0 Å². The molecule has 2 rings (SSSR count). The quantitative estimate of drug-likeness (QED) is 0.246. The molecule has 2 saturated heterocycles. The van der Waals surface area contributed by atoms with Crippen LogP contribution in [0.4, 0.5) is 0 Å². The molecule has 0 bridgehead atoms. The topological polar surface area (TPSA) is 0 Å². The van der Waals surface area contributed by atoms with Gasteiger partial charge in [0.1, 0.15) is 0 Å². The predicted molar refractivity (Wildman–Crippen MR) is 91.5 cm³/mol. The Morgan fingerprint density at radius 1 is 0.941 bits per heavy atom. The van der Waals surface area contributed by atoms with Crippen molar-refractivity contribution in [1.29, 1.82) is 0 Å². The van der Waals surface area contributed by atoms with Crippen LogP contribution in [0.1, 0.15) is 25.7 Å². The summed E-state index contributed by atoms with van der Waals surface area (Å²) in [6.07, 6.45) is 4.79.